The molecule has 0 radical (unpaired) electrons. The van der Waals surface area contributed by atoms with Crippen LogP contribution in [0, 0.1) is 0 Å². The summed E-state index contributed by atoms with van der Waals surface area (Å²) in [6.07, 6.45) is 5.37. The Hall–Kier alpha value is -2.01. The van der Waals surface area contributed by atoms with Crippen molar-refractivity contribution in [2.24, 2.45) is 0 Å². The van der Waals surface area contributed by atoms with Crippen molar-refractivity contribution in [3.05, 3.63) is 30.2 Å². The van der Waals surface area contributed by atoms with Crippen molar-refractivity contribution < 1.29 is 9.47 Å². The fourth-order valence-corrected chi connectivity index (χ4v) is 2.46. The van der Waals surface area contributed by atoms with Crippen LogP contribution >= 0.6 is 0 Å². The topological polar surface area (TPSA) is 59.2 Å². The first-order valence-corrected chi connectivity index (χ1v) is 7.56. The molecular weight excluding hydrogens is 266 g/mol. The van der Waals surface area contributed by atoms with Crippen molar-refractivity contribution in [1.82, 2.24) is 15.3 Å². The molecule has 21 heavy (non-hydrogen) atoms. The number of hydrogen-bond acceptors (Lipinski definition) is 4. The molecular formula is C16H19N3O2. The zero-order valence-electron chi connectivity index (χ0n) is 11.9. The highest BCUT2D eigenvalue weighted by molar-refractivity contribution is 5.63. The molecule has 110 valence electrons. The third-order valence-electron chi connectivity index (χ3n) is 3.82. The van der Waals surface area contributed by atoms with Gasteiger partial charge in [0.05, 0.1) is 31.6 Å². The maximum Gasteiger partial charge on any atom is 0.161 e. The van der Waals surface area contributed by atoms with Crippen LogP contribution in [0.5, 0.6) is 11.5 Å². The van der Waals surface area contributed by atoms with Gasteiger partial charge in [0.25, 0.3) is 0 Å². The second-order valence-corrected chi connectivity index (χ2v) is 5.61. The number of hydrogen-bond donors (Lipinski definition) is 2. The summed E-state index contributed by atoms with van der Waals surface area (Å²) in [6.45, 7) is 2.22. The fraction of sp³-hybridized carbons (Fsp3) is 0.438. The molecule has 5 nitrogen and oxygen atoms in total. The molecule has 0 amide bonds. The Balaban J connectivity index is 1.53. The lowest BCUT2D eigenvalue weighted by atomic mass is 10.1. The van der Waals surface area contributed by atoms with E-state index in [1.54, 1.807) is 0 Å². The highest BCUT2D eigenvalue weighted by Crippen LogP contribution is 2.33. The monoisotopic (exact) mass is 285 g/mol. The number of benzene rings is 1. The third-order valence-corrected chi connectivity index (χ3v) is 3.82. The molecule has 0 atom stereocenters. The van der Waals surface area contributed by atoms with Crippen LogP contribution in [0.1, 0.15) is 25.1 Å². The quantitative estimate of drug-likeness (QED) is 0.906. The maximum atomic E-state index is 5.73. The van der Waals surface area contributed by atoms with Crippen molar-refractivity contribution in [3.8, 4) is 22.8 Å². The molecule has 0 saturated heterocycles. The van der Waals surface area contributed by atoms with Gasteiger partial charge in [-0.15, -0.1) is 0 Å². The lowest BCUT2D eigenvalue weighted by Crippen LogP contribution is -2.16. The molecule has 1 aliphatic carbocycles. The minimum Gasteiger partial charge on any atom is -0.490 e. The van der Waals surface area contributed by atoms with Gasteiger partial charge in [0, 0.05) is 18.0 Å². The molecule has 1 fully saturated rings. The highest BCUT2D eigenvalue weighted by Gasteiger charge is 2.20. The van der Waals surface area contributed by atoms with E-state index in [-0.39, 0.29) is 0 Å². The number of H-pyrrole nitrogens is 1. The highest BCUT2D eigenvalue weighted by atomic mass is 16.5. The summed E-state index contributed by atoms with van der Waals surface area (Å²) in [7, 11) is 0. The second-order valence-electron chi connectivity index (χ2n) is 5.61. The normalized spacial score (nSPS) is 17.5. The van der Waals surface area contributed by atoms with Gasteiger partial charge in [-0.25, -0.2) is 4.98 Å². The Morgan fingerprint density at radius 2 is 2.05 bits per heavy atom. The summed E-state index contributed by atoms with van der Waals surface area (Å²) in [5.41, 5.74) is 2.09. The maximum absolute atomic E-state index is 5.73. The standard InChI is InChI=1S/C16H19N3O2/c1-6-20-14-5-2-11(8-15(14)21-7-1)13-9-18-16(19-13)10-17-12-3-4-12/h2,5,8-9,12,17H,1,3-4,6-7,10H2,(H,18,19). The van der Waals surface area contributed by atoms with E-state index in [0.29, 0.717) is 19.3 Å². The predicted molar refractivity (Wildman–Crippen MR) is 79.5 cm³/mol. The molecule has 1 aromatic carbocycles. The van der Waals surface area contributed by atoms with Crippen LogP contribution in [-0.2, 0) is 6.54 Å². The van der Waals surface area contributed by atoms with E-state index in [9.17, 15) is 0 Å². The number of aromatic amines is 1. The van der Waals surface area contributed by atoms with E-state index in [1.165, 1.54) is 12.8 Å². The Kier molecular flexibility index (Phi) is 3.27. The minimum absolute atomic E-state index is 0.691. The first-order valence-electron chi connectivity index (χ1n) is 7.56. The molecule has 1 saturated carbocycles. The summed E-state index contributed by atoms with van der Waals surface area (Å²) in [6, 6.07) is 6.72. The number of nitrogens with zero attached hydrogens (tertiary/aromatic N) is 1. The number of aromatic nitrogens is 2. The second kappa shape index (κ2) is 5.41. The zero-order chi connectivity index (χ0) is 14.1. The van der Waals surface area contributed by atoms with Gasteiger partial charge in [0.15, 0.2) is 11.5 Å². The Bertz CT molecular complexity index is 634. The first kappa shape index (κ1) is 12.7. The number of rotatable bonds is 4. The van der Waals surface area contributed by atoms with Gasteiger partial charge in [-0.3, -0.25) is 0 Å². The van der Waals surface area contributed by atoms with Crippen LogP contribution in [0.25, 0.3) is 11.3 Å². The van der Waals surface area contributed by atoms with E-state index in [4.69, 9.17) is 9.47 Å². The van der Waals surface area contributed by atoms with E-state index in [1.807, 2.05) is 24.4 Å². The van der Waals surface area contributed by atoms with Gasteiger partial charge in [-0.1, -0.05) is 0 Å². The first-order chi connectivity index (χ1) is 10.4. The van der Waals surface area contributed by atoms with Gasteiger partial charge in [-0.2, -0.15) is 0 Å². The van der Waals surface area contributed by atoms with Crippen LogP contribution in [0.3, 0.4) is 0 Å². The van der Waals surface area contributed by atoms with Crippen LogP contribution in [0.4, 0.5) is 0 Å². The molecule has 0 unspecified atom stereocenters. The van der Waals surface area contributed by atoms with Crippen molar-refractivity contribution in [3.63, 3.8) is 0 Å². The van der Waals surface area contributed by atoms with Crippen molar-refractivity contribution >= 4 is 0 Å². The molecule has 1 aliphatic heterocycles. The molecule has 5 heteroatoms. The SMILES string of the molecule is c1cc2c(cc1-c1cnc(CNC3CC3)[nH]1)OCCCO2. The van der Waals surface area contributed by atoms with Crippen molar-refractivity contribution in [1.29, 1.82) is 0 Å². The van der Waals surface area contributed by atoms with Gasteiger partial charge in [0.2, 0.25) is 0 Å². The van der Waals surface area contributed by atoms with E-state index in [2.05, 4.69) is 15.3 Å². The Morgan fingerprint density at radius 1 is 1.19 bits per heavy atom. The van der Waals surface area contributed by atoms with E-state index < -0.39 is 0 Å². The van der Waals surface area contributed by atoms with Gasteiger partial charge >= 0.3 is 0 Å². The number of ether oxygens (including phenoxy) is 2. The third kappa shape index (κ3) is 2.88. The summed E-state index contributed by atoms with van der Waals surface area (Å²) < 4.78 is 11.4. The number of fused-ring (bicyclic) bond motifs is 1. The summed E-state index contributed by atoms with van der Waals surface area (Å²) in [5.74, 6) is 2.62. The minimum atomic E-state index is 0.691. The Morgan fingerprint density at radius 3 is 2.90 bits per heavy atom. The lowest BCUT2D eigenvalue weighted by Gasteiger charge is -2.08. The van der Waals surface area contributed by atoms with Crippen molar-refractivity contribution in [2.75, 3.05) is 13.2 Å². The van der Waals surface area contributed by atoms with Crippen LogP contribution in [0.15, 0.2) is 24.4 Å². The lowest BCUT2D eigenvalue weighted by molar-refractivity contribution is 0.297. The molecule has 0 spiro atoms. The fourth-order valence-electron chi connectivity index (χ4n) is 2.46. The largest absolute Gasteiger partial charge is 0.490 e. The molecule has 2 heterocycles. The van der Waals surface area contributed by atoms with Gasteiger partial charge in [-0.05, 0) is 31.0 Å². The molecule has 4 rings (SSSR count). The average Bonchev–Trinajstić information content (AvgIpc) is 3.27. The van der Waals surface area contributed by atoms with Crippen LogP contribution in [-0.4, -0.2) is 29.2 Å². The molecule has 2 aliphatic rings. The summed E-state index contributed by atoms with van der Waals surface area (Å²) >= 11 is 0. The van der Waals surface area contributed by atoms with Crippen LogP contribution < -0.4 is 14.8 Å². The zero-order valence-corrected chi connectivity index (χ0v) is 11.9. The number of nitrogens with one attached hydrogen (secondary N) is 2. The number of imidazole rings is 1. The van der Waals surface area contributed by atoms with Crippen LogP contribution in [0.2, 0.25) is 0 Å². The van der Waals surface area contributed by atoms with E-state index >= 15 is 0 Å². The molecule has 2 N–H and O–H groups in total. The molecule has 0 bridgehead atoms. The smallest absolute Gasteiger partial charge is 0.161 e. The van der Waals surface area contributed by atoms with Gasteiger partial charge < -0.3 is 19.8 Å². The summed E-state index contributed by atoms with van der Waals surface area (Å²) in [5, 5.41) is 3.46. The molecule has 2 aromatic rings. The predicted octanol–water partition coefficient (Wildman–Crippen LogP) is 2.49. The Labute approximate surface area is 123 Å². The van der Waals surface area contributed by atoms with Crippen molar-refractivity contribution in [2.45, 2.75) is 31.8 Å². The van der Waals surface area contributed by atoms with E-state index in [0.717, 1.165) is 41.5 Å². The average molecular weight is 285 g/mol. The van der Waals surface area contributed by atoms with Gasteiger partial charge in [0.1, 0.15) is 5.82 Å². The molecule has 1 aromatic heterocycles. The summed E-state index contributed by atoms with van der Waals surface area (Å²) in [4.78, 5) is 7.80.